The fourth-order valence-corrected chi connectivity index (χ4v) is 1.89. The Morgan fingerprint density at radius 2 is 2.07 bits per heavy atom. The summed E-state index contributed by atoms with van der Waals surface area (Å²) in [5.74, 6) is 0. The normalized spacial score (nSPS) is 12.7. The van der Waals surface area contributed by atoms with Crippen molar-refractivity contribution in [2.24, 2.45) is 0 Å². The Balaban J connectivity index is 2.29. The SMILES string of the molecule is Cc1cc(C(O)c2cncnc2)sn1. The molecule has 1 unspecified atom stereocenters. The Morgan fingerprint density at radius 3 is 2.64 bits per heavy atom. The Hall–Kier alpha value is -1.33. The van der Waals surface area contributed by atoms with Crippen LogP contribution < -0.4 is 0 Å². The summed E-state index contributed by atoms with van der Waals surface area (Å²) in [6, 6.07) is 1.86. The lowest BCUT2D eigenvalue weighted by atomic mass is 10.1. The lowest BCUT2D eigenvalue weighted by molar-refractivity contribution is 0.223. The average Bonchev–Trinajstić information content (AvgIpc) is 2.65. The summed E-state index contributed by atoms with van der Waals surface area (Å²) in [7, 11) is 0. The van der Waals surface area contributed by atoms with Crippen LogP contribution in [0.1, 0.15) is 22.2 Å². The van der Waals surface area contributed by atoms with Gasteiger partial charge in [0.15, 0.2) is 0 Å². The second-order valence-corrected chi connectivity index (χ2v) is 3.78. The van der Waals surface area contributed by atoms with E-state index in [0.717, 1.165) is 10.6 Å². The van der Waals surface area contributed by atoms with E-state index < -0.39 is 6.10 Å². The smallest absolute Gasteiger partial charge is 0.118 e. The van der Waals surface area contributed by atoms with Crippen LogP contribution in [0.5, 0.6) is 0 Å². The molecule has 14 heavy (non-hydrogen) atoms. The Morgan fingerprint density at radius 1 is 1.36 bits per heavy atom. The molecule has 0 spiro atoms. The summed E-state index contributed by atoms with van der Waals surface area (Å²) in [5.41, 5.74) is 1.61. The highest BCUT2D eigenvalue weighted by atomic mass is 32.1. The van der Waals surface area contributed by atoms with Gasteiger partial charge in [-0.1, -0.05) is 0 Å². The van der Waals surface area contributed by atoms with E-state index in [1.54, 1.807) is 12.4 Å². The monoisotopic (exact) mass is 207 g/mol. The molecule has 0 aliphatic heterocycles. The van der Waals surface area contributed by atoms with Gasteiger partial charge in [-0.2, -0.15) is 4.37 Å². The molecular formula is C9H9N3OS. The van der Waals surface area contributed by atoms with E-state index in [9.17, 15) is 5.11 Å². The molecule has 72 valence electrons. The number of hydrogen-bond acceptors (Lipinski definition) is 5. The molecule has 0 amide bonds. The fourth-order valence-electron chi connectivity index (χ4n) is 1.13. The summed E-state index contributed by atoms with van der Waals surface area (Å²) in [6.45, 7) is 1.90. The van der Waals surface area contributed by atoms with Crippen LogP contribution in [0.2, 0.25) is 0 Å². The third kappa shape index (κ3) is 1.78. The zero-order chi connectivity index (χ0) is 9.97. The van der Waals surface area contributed by atoms with E-state index in [0.29, 0.717) is 5.56 Å². The van der Waals surface area contributed by atoms with Crippen molar-refractivity contribution in [1.82, 2.24) is 14.3 Å². The second-order valence-electron chi connectivity index (χ2n) is 2.95. The van der Waals surface area contributed by atoms with Crippen LogP contribution in [0.4, 0.5) is 0 Å². The fraction of sp³-hybridized carbons (Fsp3) is 0.222. The summed E-state index contributed by atoms with van der Waals surface area (Å²) in [4.78, 5) is 8.52. The van der Waals surface area contributed by atoms with Crippen molar-refractivity contribution in [3.63, 3.8) is 0 Å². The van der Waals surface area contributed by atoms with Gasteiger partial charge in [-0.05, 0) is 24.5 Å². The lowest BCUT2D eigenvalue weighted by Crippen LogP contribution is -1.98. The van der Waals surface area contributed by atoms with Gasteiger partial charge in [0.2, 0.25) is 0 Å². The molecular weight excluding hydrogens is 198 g/mol. The van der Waals surface area contributed by atoms with Gasteiger partial charge in [0, 0.05) is 18.0 Å². The first-order valence-electron chi connectivity index (χ1n) is 4.13. The van der Waals surface area contributed by atoms with Crippen molar-refractivity contribution in [3.8, 4) is 0 Å². The predicted molar refractivity (Wildman–Crippen MR) is 52.9 cm³/mol. The van der Waals surface area contributed by atoms with Crippen molar-refractivity contribution < 1.29 is 5.11 Å². The first-order valence-corrected chi connectivity index (χ1v) is 4.91. The molecule has 0 fully saturated rings. The summed E-state index contributed by atoms with van der Waals surface area (Å²) in [6.07, 6.45) is 3.98. The number of aliphatic hydroxyl groups excluding tert-OH is 1. The van der Waals surface area contributed by atoms with Crippen LogP contribution in [0.15, 0.2) is 24.8 Å². The Kier molecular flexibility index (Phi) is 2.51. The Labute approximate surface area is 85.5 Å². The highest BCUT2D eigenvalue weighted by molar-refractivity contribution is 7.05. The van der Waals surface area contributed by atoms with Crippen molar-refractivity contribution in [2.75, 3.05) is 0 Å². The molecule has 1 N–H and O–H groups in total. The van der Waals surface area contributed by atoms with Crippen molar-refractivity contribution in [2.45, 2.75) is 13.0 Å². The van der Waals surface area contributed by atoms with Gasteiger partial charge in [-0.25, -0.2) is 9.97 Å². The van der Waals surface area contributed by atoms with Crippen molar-refractivity contribution >= 4 is 11.5 Å². The molecule has 1 atom stereocenters. The Bertz CT molecular complexity index is 415. The zero-order valence-corrected chi connectivity index (χ0v) is 8.40. The van der Waals surface area contributed by atoms with Crippen LogP contribution in [-0.2, 0) is 0 Å². The number of aryl methyl sites for hydroxylation is 1. The van der Waals surface area contributed by atoms with Crippen LogP contribution >= 0.6 is 11.5 Å². The van der Waals surface area contributed by atoms with Crippen molar-refractivity contribution in [3.05, 3.63) is 40.9 Å². The van der Waals surface area contributed by atoms with E-state index in [1.165, 1.54) is 17.9 Å². The molecule has 5 heteroatoms. The summed E-state index contributed by atoms with van der Waals surface area (Å²) >= 11 is 1.30. The molecule has 0 saturated carbocycles. The maximum absolute atomic E-state index is 9.90. The van der Waals surface area contributed by atoms with Crippen LogP contribution in [-0.4, -0.2) is 19.4 Å². The molecule has 2 aromatic rings. The average molecular weight is 207 g/mol. The lowest BCUT2D eigenvalue weighted by Gasteiger charge is -2.05. The quantitative estimate of drug-likeness (QED) is 0.807. The van der Waals surface area contributed by atoms with Gasteiger partial charge in [0.25, 0.3) is 0 Å². The highest BCUT2D eigenvalue weighted by Gasteiger charge is 2.13. The van der Waals surface area contributed by atoms with E-state index in [1.807, 2.05) is 13.0 Å². The minimum Gasteiger partial charge on any atom is -0.383 e. The molecule has 0 aliphatic rings. The first-order chi connectivity index (χ1) is 6.77. The number of nitrogens with zero attached hydrogens (tertiary/aromatic N) is 3. The molecule has 0 aromatic carbocycles. The number of aliphatic hydroxyl groups is 1. The summed E-state index contributed by atoms with van der Waals surface area (Å²) in [5, 5.41) is 9.90. The number of aromatic nitrogens is 3. The van der Waals surface area contributed by atoms with E-state index in [2.05, 4.69) is 14.3 Å². The van der Waals surface area contributed by atoms with Gasteiger partial charge in [0.05, 0.1) is 10.6 Å². The topological polar surface area (TPSA) is 58.9 Å². The van der Waals surface area contributed by atoms with Crippen LogP contribution in [0, 0.1) is 6.92 Å². The van der Waals surface area contributed by atoms with Gasteiger partial charge in [0.1, 0.15) is 12.4 Å². The second kappa shape index (κ2) is 3.81. The van der Waals surface area contributed by atoms with Gasteiger partial charge < -0.3 is 5.11 Å². The van der Waals surface area contributed by atoms with E-state index in [-0.39, 0.29) is 0 Å². The largest absolute Gasteiger partial charge is 0.383 e. The van der Waals surface area contributed by atoms with Gasteiger partial charge >= 0.3 is 0 Å². The van der Waals surface area contributed by atoms with Gasteiger partial charge in [-0.15, -0.1) is 0 Å². The molecule has 4 nitrogen and oxygen atoms in total. The van der Waals surface area contributed by atoms with Gasteiger partial charge in [-0.3, -0.25) is 0 Å². The van der Waals surface area contributed by atoms with E-state index in [4.69, 9.17) is 0 Å². The summed E-state index contributed by atoms with van der Waals surface area (Å²) < 4.78 is 4.10. The highest BCUT2D eigenvalue weighted by Crippen LogP contribution is 2.24. The molecule has 0 saturated heterocycles. The van der Waals surface area contributed by atoms with E-state index >= 15 is 0 Å². The molecule has 0 bridgehead atoms. The maximum atomic E-state index is 9.90. The minimum absolute atomic E-state index is 0.664. The molecule has 0 aliphatic carbocycles. The molecule has 2 aromatic heterocycles. The maximum Gasteiger partial charge on any atom is 0.118 e. The van der Waals surface area contributed by atoms with Crippen LogP contribution in [0.3, 0.4) is 0 Å². The predicted octanol–water partition coefficient (Wildman–Crippen LogP) is 1.32. The first kappa shape index (κ1) is 9.23. The molecule has 2 rings (SSSR count). The minimum atomic E-state index is -0.664. The van der Waals surface area contributed by atoms with Crippen LogP contribution in [0.25, 0.3) is 0 Å². The molecule has 0 radical (unpaired) electrons. The number of hydrogen-bond donors (Lipinski definition) is 1. The third-order valence-electron chi connectivity index (χ3n) is 1.81. The zero-order valence-electron chi connectivity index (χ0n) is 7.58. The third-order valence-corrected chi connectivity index (χ3v) is 2.74. The standard InChI is InChI=1S/C9H9N3OS/c1-6-2-8(14-12-6)9(13)7-3-10-5-11-4-7/h2-5,9,13H,1H3. The van der Waals surface area contributed by atoms with Crippen molar-refractivity contribution in [1.29, 1.82) is 0 Å². The number of rotatable bonds is 2. The molecule has 2 heterocycles.